The van der Waals surface area contributed by atoms with Gasteiger partial charge in [-0.15, -0.1) is 0 Å². The Bertz CT molecular complexity index is 193. The van der Waals surface area contributed by atoms with Crippen molar-refractivity contribution >= 4 is 0 Å². The second-order valence-corrected chi connectivity index (χ2v) is 4.84. The highest BCUT2D eigenvalue weighted by molar-refractivity contribution is 5.02. The van der Waals surface area contributed by atoms with Crippen molar-refractivity contribution in [3.63, 3.8) is 0 Å². The van der Waals surface area contributed by atoms with Crippen molar-refractivity contribution in [1.82, 2.24) is 5.32 Å². The number of hydrogen-bond acceptors (Lipinski definition) is 4. The molecule has 1 fully saturated rings. The molecule has 0 aliphatic heterocycles. The Hall–Kier alpha value is -0.160. The van der Waals surface area contributed by atoms with Gasteiger partial charge < -0.3 is 20.5 Å². The summed E-state index contributed by atoms with van der Waals surface area (Å²) in [7, 11) is 3.48. The molecule has 15 heavy (non-hydrogen) atoms. The highest BCUT2D eigenvalue weighted by Crippen LogP contribution is 2.42. The van der Waals surface area contributed by atoms with Gasteiger partial charge in [0.2, 0.25) is 0 Å². The van der Waals surface area contributed by atoms with Crippen LogP contribution in [0.25, 0.3) is 0 Å². The molecule has 0 radical (unpaired) electrons. The van der Waals surface area contributed by atoms with Gasteiger partial charge in [0.1, 0.15) is 0 Å². The van der Waals surface area contributed by atoms with E-state index in [1.54, 1.807) is 14.2 Å². The van der Waals surface area contributed by atoms with E-state index in [4.69, 9.17) is 15.2 Å². The maximum atomic E-state index is 5.56. The zero-order valence-electron chi connectivity index (χ0n) is 10.2. The molecule has 1 rings (SSSR count). The minimum atomic E-state index is 0.113. The largest absolute Gasteiger partial charge is 0.381 e. The first kappa shape index (κ1) is 12.9. The average Bonchev–Trinajstić information content (AvgIpc) is 2.22. The summed E-state index contributed by atoms with van der Waals surface area (Å²) in [6.07, 6.45) is 1.56. The molecule has 0 spiro atoms. The van der Waals surface area contributed by atoms with Crippen LogP contribution >= 0.6 is 0 Å². The van der Waals surface area contributed by atoms with Crippen molar-refractivity contribution in [2.75, 3.05) is 27.3 Å². The molecule has 0 aromatic rings. The van der Waals surface area contributed by atoms with Gasteiger partial charge in [-0.3, -0.25) is 0 Å². The van der Waals surface area contributed by atoms with Crippen molar-refractivity contribution in [1.29, 1.82) is 0 Å². The van der Waals surface area contributed by atoms with Crippen molar-refractivity contribution in [2.45, 2.75) is 38.5 Å². The summed E-state index contributed by atoms with van der Waals surface area (Å²) < 4.78 is 10.6. The summed E-state index contributed by atoms with van der Waals surface area (Å²) in [5.41, 5.74) is 5.77. The van der Waals surface area contributed by atoms with Crippen LogP contribution in [0.2, 0.25) is 0 Å². The van der Waals surface area contributed by atoms with Crippen LogP contribution in [0, 0.1) is 5.41 Å². The molecule has 0 saturated heterocycles. The van der Waals surface area contributed by atoms with Gasteiger partial charge in [0.25, 0.3) is 0 Å². The predicted molar refractivity (Wildman–Crippen MR) is 60.8 cm³/mol. The van der Waals surface area contributed by atoms with Crippen molar-refractivity contribution in [3.8, 4) is 0 Å². The highest BCUT2D eigenvalue weighted by Gasteiger charge is 2.48. The van der Waals surface area contributed by atoms with Crippen LogP contribution in [0.15, 0.2) is 0 Å². The molecule has 90 valence electrons. The smallest absolute Gasteiger partial charge is 0.0817 e. The third-order valence-corrected chi connectivity index (χ3v) is 3.65. The van der Waals surface area contributed by atoms with E-state index in [9.17, 15) is 0 Å². The maximum Gasteiger partial charge on any atom is 0.0817 e. The van der Waals surface area contributed by atoms with Crippen LogP contribution in [0.3, 0.4) is 0 Å². The van der Waals surface area contributed by atoms with Crippen molar-refractivity contribution < 1.29 is 9.47 Å². The number of ether oxygens (including phenoxy) is 2. The topological polar surface area (TPSA) is 56.5 Å². The van der Waals surface area contributed by atoms with E-state index in [2.05, 4.69) is 19.2 Å². The highest BCUT2D eigenvalue weighted by atomic mass is 16.5. The fourth-order valence-corrected chi connectivity index (χ4v) is 2.17. The fraction of sp³-hybridized carbons (Fsp3) is 1.00. The minimum Gasteiger partial charge on any atom is -0.381 e. The number of nitrogens with two attached hydrogens (primary N) is 1. The second-order valence-electron chi connectivity index (χ2n) is 4.84. The van der Waals surface area contributed by atoms with E-state index in [0.717, 1.165) is 13.0 Å². The quantitative estimate of drug-likeness (QED) is 0.673. The first-order chi connectivity index (χ1) is 7.06. The van der Waals surface area contributed by atoms with Gasteiger partial charge in [-0.1, -0.05) is 13.8 Å². The lowest BCUT2D eigenvalue weighted by Gasteiger charge is -2.51. The third kappa shape index (κ3) is 2.69. The van der Waals surface area contributed by atoms with Crippen molar-refractivity contribution in [3.05, 3.63) is 0 Å². The molecule has 0 bridgehead atoms. The number of rotatable bonds is 6. The van der Waals surface area contributed by atoms with E-state index in [1.807, 2.05) is 0 Å². The Labute approximate surface area is 92.5 Å². The Morgan fingerprint density at radius 1 is 1.47 bits per heavy atom. The Morgan fingerprint density at radius 2 is 2.13 bits per heavy atom. The van der Waals surface area contributed by atoms with Gasteiger partial charge in [-0.2, -0.15) is 0 Å². The fourth-order valence-electron chi connectivity index (χ4n) is 2.17. The monoisotopic (exact) mass is 216 g/mol. The van der Waals surface area contributed by atoms with Crippen molar-refractivity contribution in [2.24, 2.45) is 11.1 Å². The molecule has 0 heterocycles. The number of nitrogens with one attached hydrogen (secondary N) is 1. The molecule has 3 unspecified atom stereocenters. The Kier molecular flexibility index (Phi) is 4.52. The summed E-state index contributed by atoms with van der Waals surface area (Å²) in [4.78, 5) is 0. The summed E-state index contributed by atoms with van der Waals surface area (Å²) in [5, 5.41) is 3.49. The molecule has 0 amide bonds. The number of hydrogen-bond donors (Lipinski definition) is 2. The minimum absolute atomic E-state index is 0.113. The Balaban J connectivity index is 2.30. The van der Waals surface area contributed by atoms with Crippen LogP contribution < -0.4 is 11.1 Å². The molecule has 4 heteroatoms. The molecule has 3 N–H and O–H groups in total. The van der Waals surface area contributed by atoms with Crippen LogP contribution in [0.5, 0.6) is 0 Å². The molecule has 1 aliphatic carbocycles. The standard InChI is InChI=1S/C11H24N2O2/c1-11(2)9(5-10(11)15-4)13-7-8(6-12)14-3/h8-10,13H,5-7,12H2,1-4H3. The summed E-state index contributed by atoms with van der Waals surface area (Å²) in [5.74, 6) is 0. The molecule has 1 saturated carbocycles. The van der Waals surface area contributed by atoms with E-state index in [-0.39, 0.29) is 11.5 Å². The van der Waals surface area contributed by atoms with Crippen LogP contribution in [0.1, 0.15) is 20.3 Å². The van der Waals surface area contributed by atoms with Gasteiger partial charge in [0.05, 0.1) is 12.2 Å². The van der Waals surface area contributed by atoms with Gasteiger partial charge in [0.15, 0.2) is 0 Å². The van der Waals surface area contributed by atoms with Gasteiger partial charge in [-0.05, 0) is 6.42 Å². The summed E-state index contributed by atoms with van der Waals surface area (Å²) in [6.45, 7) is 5.83. The number of methoxy groups -OCH3 is 2. The Morgan fingerprint density at radius 3 is 2.53 bits per heavy atom. The van der Waals surface area contributed by atoms with E-state index in [1.165, 1.54) is 0 Å². The molecular weight excluding hydrogens is 192 g/mol. The SMILES string of the molecule is COC(CN)CNC1CC(OC)C1(C)C. The summed E-state index contributed by atoms with van der Waals surface area (Å²) >= 11 is 0. The lowest BCUT2D eigenvalue weighted by Crippen LogP contribution is -2.61. The molecule has 0 aromatic heterocycles. The summed E-state index contributed by atoms with van der Waals surface area (Å²) in [6, 6.07) is 0.506. The van der Waals surface area contributed by atoms with E-state index < -0.39 is 0 Å². The molecule has 3 atom stereocenters. The lowest BCUT2D eigenvalue weighted by atomic mass is 9.64. The second kappa shape index (κ2) is 5.25. The van der Waals surface area contributed by atoms with E-state index >= 15 is 0 Å². The van der Waals surface area contributed by atoms with Gasteiger partial charge in [0, 0.05) is 38.8 Å². The third-order valence-electron chi connectivity index (χ3n) is 3.65. The predicted octanol–water partition coefficient (Wildman–Crippen LogP) is 0.363. The zero-order valence-corrected chi connectivity index (χ0v) is 10.2. The molecule has 0 aromatic carbocycles. The maximum absolute atomic E-state index is 5.56. The van der Waals surface area contributed by atoms with Gasteiger partial charge in [-0.25, -0.2) is 0 Å². The molecule has 1 aliphatic rings. The normalized spacial score (nSPS) is 31.0. The first-order valence-corrected chi connectivity index (χ1v) is 5.55. The molecular formula is C11H24N2O2. The average molecular weight is 216 g/mol. The first-order valence-electron chi connectivity index (χ1n) is 5.55. The van der Waals surface area contributed by atoms with Crippen LogP contribution in [-0.2, 0) is 9.47 Å². The van der Waals surface area contributed by atoms with Crippen LogP contribution in [0.4, 0.5) is 0 Å². The molecule has 4 nitrogen and oxygen atoms in total. The van der Waals surface area contributed by atoms with E-state index in [0.29, 0.717) is 18.7 Å². The zero-order chi connectivity index (χ0) is 11.5. The lowest BCUT2D eigenvalue weighted by molar-refractivity contribution is -0.0995. The van der Waals surface area contributed by atoms with Crippen LogP contribution in [-0.4, -0.2) is 45.6 Å². The van der Waals surface area contributed by atoms with Gasteiger partial charge >= 0.3 is 0 Å².